The number of carbonyl (C=O) groups is 1. The van der Waals surface area contributed by atoms with Crippen LogP contribution in [0.15, 0.2) is 47.6 Å². The van der Waals surface area contributed by atoms with Crippen molar-refractivity contribution < 1.29 is 14.3 Å². The van der Waals surface area contributed by atoms with Gasteiger partial charge in [-0.05, 0) is 30.3 Å². The van der Waals surface area contributed by atoms with E-state index in [2.05, 4.69) is 10.5 Å². The molecule has 0 saturated heterocycles. The number of halogens is 2. The zero-order valence-electron chi connectivity index (χ0n) is 12.3. The molecule has 0 aromatic heterocycles. The molecule has 0 bridgehead atoms. The van der Waals surface area contributed by atoms with E-state index in [-0.39, 0.29) is 6.61 Å². The first kappa shape index (κ1) is 17.1. The van der Waals surface area contributed by atoms with Crippen LogP contribution in [0.4, 0.5) is 0 Å². The molecule has 7 heteroatoms. The maximum atomic E-state index is 11.7. The number of benzene rings is 2. The Bertz CT molecular complexity index is 720. The number of para-hydroxylation sites is 1. The van der Waals surface area contributed by atoms with Gasteiger partial charge in [-0.25, -0.2) is 5.43 Å². The first-order valence-corrected chi connectivity index (χ1v) is 7.38. The van der Waals surface area contributed by atoms with Crippen LogP contribution in [0.5, 0.6) is 11.5 Å². The van der Waals surface area contributed by atoms with Crippen LogP contribution in [0, 0.1) is 0 Å². The van der Waals surface area contributed by atoms with Crippen molar-refractivity contribution in [2.24, 2.45) is 5.10 Å². The third-order valence-electron chi connectivity index (χ3n) is 2.78. The summed E-state index contributed by atoms with van der Waals surface area (Å²) < 4.78 is 10.5. The van der Waals surface area contributed by atoms with Crippen LogP contribution in [0.1, 0.15) is 5.56 Å². The number of hydrogen-bond acceptors (Lipinski definition) is 4. The van der Waals surface area contributed by atoms with Gasteiger partial charge in [0.1, 0.15) is 11.5 Å². The summed E-state index contributed by atoms with van der Waals surface area (Å²) in [6, 6.07) is 12.1. The Hall–Kier alpha value is -2.24. The van der Waals surface area contributed by atoms with E-state index < -0.39 is 5.91 Å². The molecule has 23 heavy (non-hydrogen) atoms. The van der Waals surface area contributed by atoms with Crippen molar-refractivity contribution in [3.8, 4) is 11.5 Å². The Morgan fingerprint density at radius 2 is 2.00 bits per heavy atom. The van der Waals surface area contributed by atoms with Gasteiger partial charge in [-0.15, -0.1) is 0 Å². The van der Waals surface area contributed by atoms with Crippen molar-refractivity contribution in [3.05, 3.63) is 58.1 Å². The number of amides is 1. The number of ether oxygens (including phenoxy) is 2. The molecule has 2 rings (SSSR count). The van der Waals surface area contributed by atoms with E-state index in [1.54, 1.807) is 25.3 Å². The first-order valence-electron chi connectivity index (χ1n) is 6.63. The Labute approximate surface area is 143 Å². The Balaban J connectivity index is 1.86. The molecule has 0 saturated carbocycles. The minimum Gasteiger partial charge on any atom is -0.496 e. The molecule has 0 atom stereocenters. The van der Waals surface area contributed by atoms with Gasteiger partial charge in [0, 0.05) is 10.6 Å². The lowest BCUT2D eigenvalue weighted by Crippen LogP contribution is -2.24. The van der Waals surface area contributed by atoms with Gasteiger partial charge in [-0.3, -0.25) is 4.79 Å². The number of methoxy groups -OCH3 is 1. The van der Waals surface area contributed by atoms with Crippen molar-refractivity contribution in [2.45, 2.75) is 0 Å². The van der Waals surface area contributed by atoms with Crippen LogP contribution >= 0.6 is 23.2 Å². The normalized spacial score (nSPS) is 10.6. The second-order valence-electron chi connectivity index (χ2n) is 4.40. The molecule has 0 unspecified atom stereocenters. The molecule has 120 valence electrons. The molecule has 0 aliphatic rings. The lowest BCUT2D eigenvalue weighted by molar-refractivity contribution is -0.123. The predicted octanol–water partition coefficient (Wildman–Crippen LogP) is 3.53. The Kier molecular flexibility index (Phi) is 6.26. The molecule has 0 aliphatic carbocycles. The fourth-order valence-corrected chi connectivity index (χ4v) is 2.18. The molecule has 1 amide bonds. The molecule has 2 aromatic carbocycles. The van der Waals surface area contributed by atoms with E-state index in [1.165, 1.54) is 12.3 Å². The summed E-state index contributed by atoms with van der Waals surface area (Å²) in [4.78, 5) is 11.7. The SMILES string of the molecule is COc1ccccc1/C=N\NC(=O)COc1ccc(Cl)cc1Cl. The van der Waals surface area contributed by atoms with Crippen LogP contribution in [0.3, 0.4) is 0 Å². The van der Waals surface area contributed by atoms with Crippen molar-refractivity contribution in [2.75, 3.05) is 13.7 Å². The van der Waals surface area contributed by atoms with E-state index >= 15 is 0 Å². The lowest BCUT2D eigenvalue weighted by atomic mass is 10.2. The van der Waals surface area contributed by atoms with Gasteiger partial charge >= 0.3 is 0 Å². The van der Waals surface area contributed by atoms with Crippen LogP contribution < -0.4 is 14.9 Å². The van der Waals surface area contributed by atoms with Crippen LogP contribution in [0.25, 0.3) is 0 Å². The zero-order valence-corrected chi connectivity index (χ0v) is 13.8. The average Bonchev–Trinajstić information content (AvgIpc) is 2.54. The predicted molar refractivity (Wildman–Crippen MR) is 90.7 cm³/mol. The summed E-state index contributed by atoms with van der Waals surface area (Å²) >= 11 is 11.7. The number of nitrogens with one attached hydrogen (secondary N) is 1. The Morgan fingerprint density at radius 3 is 2.74 bits per heavy atom. The van der Waals surface area contributed by atoms with Gasteiger partial charge < -0.3 is 9.47 Å². The minimum atomic E-state index is -0.415. The zero-order chi connectivity index (χ0) is 16.7. The fourth-order valence-electron chi connectivity index (χ4n) is 1.71. The third kappa shape index (κ3) is 5.16. The lowest BCUT2D eigenvalue weighted by Gasteiger charge is -2.07. The van der Waals surface area contributed by atoms with Gasteiger partial charge in [-0.2, -0.15) is 5.10 Å². The van der Waals surface area contributed by atoms with Gasteiger partial charge in [0.15, 0.2) is 6.61 Å². The molecule has 0 spiro atoms. The molecule has 1 N–H and O–H groups in total. The fraction of sp³-hybridized carbons (Fsp3) is 0.125. The second kappa shape index (κ2) is 8.41. The number of nitrogens with zero attached hydrogens (tertiary/aromatic N) is 1. The molecular weight excluding hydrogens is 339 g/mol. The monoisotopic (exact) mass is 352 g/mol. The molecule has 0 aliphatic heterocycles. The van der Waals surface area contributed by atoms with Gasteiger partial charge in [0.25, 0.3) is 5.91 Å². The van der Waals surface area contributed by atoms with E-state index in [0.29, 0.717) is 21.5 Å². The quantitative estimate of drug-likeness (QED) is 0.638. The van der Waals surface area contributed by atoms with E-state index in [9.17, 15) is 4.79 Å². The standard InChI is InChI=1S/C16H14Cl2N2O3/c1-22-14-5-3-2-4-11(14)9-19-20-16(21)10-23-15-7-6-12(17)8-13(15)18/h2-9H,10H2,1H3,(H,20,21)/b19-9-. The Morgan fingerprint density at radius 1 is 1.22 bits per heavy atom. The smallest absolute Gasteiger partial charge is 0.277 e. The van der Waals surface area contributed by atoms with Gasteiger partial charge in [-0.1, -0.05) is 35.3 Å². The summed E-state index contributed by atoms with van der Waals surface area (Å²) in [6.45, 7) is -0.218. The van der Waals surface area contributed by atoms with Crippen LogP contribution in [-0.2, 0) is 4.79 Å². The van der Waals surface area contributed by atoms with Crippen molar-refractivity contribution >= 4 is 35.3 Å². The summed E-state index contributed by atoms with van der Waals surface area (Å²) in [6.07, 6.45) is 1.49. The topological polar surface area (TPSA) is 59.9 Å². The maximum Gasteiger partial charge on any atom is 0.277 e. The highest BCUT2D eigenvalue weighted by Crippen LogP contribution is 2.27. The highest BCUT2D eigenvalue weighted by atomic mass is 35.5. The van der Waals surface area contributed by atoms with Crippen molar-refractivity contribution in [1.29, 1.82) is 0 Å². The number of hydrogen-bond donors (Lipinski definition) is 1. The first-order chi connectivity index (χ1) is 11.1. The minimum absolute atomic E-state index is 0.218. The van der Waals surface area contributed by atoms with E-state index in [1.807, 2.05) is 18.2 Å². The largest absolute Gasteiger partial charge is 0.496 e. The average molecular weight is 353 g/mol. The summed E-state index contributed by atoms with van der Waals surface area (Å²) in [5.74, 6) is 0.622. The van der Waals surface area contributed by atoms with Crippen molar-refractivity contribution in [1.82, 2.24) is 5.43 Å². The van der Waals surface area contributed by atoms with Crippen LogP contribution in [-0.4, -0.2) is 25.8 Å². The summed E-state index contributed by atoms with van der Waals surface area (Å²) in [7, 11) is 1.56. The van der Waals surface area contributed by atoms with Crippen molar-refractivity contribution in [3.63, 3.8) is 0 Å². The molecule has 0 heterocycles. The number of hydrazone groups is 1. The van der Waals surface area contributed by atoms with Crippen LogP contribution in [0.2, 0.25) is 10.0 Å². The number of carbonyl (C=O) groups excluding carboxylic acids is 1. The highest BCUT2D eigenvalue weighted by molar-refractivity contribution is 6.35. The summed E-state index contributed by atoms with van der Waals surface area (Å²) in [5, 5.41) is 4.69. The second-order valence-corrected chi connectivity index (χ2v) is 5.24. The number of rotatable bonds is 6. The van der Waals surface area contributed by atoms with E-state index in [0.717, 1.165) is 5.56 Å². The molecular formula is C16H14Cl2N2O3. The maximum absolute atomic E-state index is 11.7. The third-order valence-corrected chi connectivity index (χ3v) is 3.31. The molecule has 2 aromatic rings. The van der Waals surface area contributed by atoms with Gasteiger partial charge in [0.05, 0.1) is 18.3 Å². The van der Waals surface area contributed by atoms with E-state index in [4.69, 9.17) is 32.7 Å². The molecule has 5 nitrogen and oxygen atoms in total. The molecule has 0 radical (unpaired) electrons. The molecule has 0 fully saturated rings. The summed E-state index contributed by atoms with van der Waals surface area (Å²) in [5.41, 5.74) is 3.11. The van der Waals surface area contributed by atoms with Gasteiger partial charge in [0.2, 0.25) is 0 Å². The highest BCUT2D eigenvalue weighted by Gasteiger charge is 2.06.